The monoisotopic (exact) mass is 218 g/mol. The van der Waals surface area contributed by atoms with E-state index in [2.05, 4.69) is 38.1 Å². The minimum atomic E-state index is -0.550. The van der Waals surface area contributed by atoms with Gasteiger partial charge in [0.1, 0.15) is 0 Å². The van der Waals surface area contributed by atoms with Crippen molar-refractivity contribution in [3.8, 4) is 0 Å². The molecule has 0 spiro atoms. The lowest BCUT2D eigenvalue weighted by Crippen LogP contribution is -2.21. The molecule has 1 saturated carbocycles. The van der Waals surface area contributed by atoms with E-state index in [4.69, 9.17) is 0 Å². The first-order valence-electron chi connectivity index (χ1n) is 6.49. The lowest BCUT2D eigenvalue weighted by molar-refractivity contribution is 0.0397. The Balaban J connectivity index is 2.22. The fraction of sp³-hybridized carbons (Fsp3) is 0.600. The first kappa shape index (κ1) is 11.7. The molecule has 2 unspecified atom stereocenters. The van der Waals surface area contributed by atoms with Gasteiger partial charge in [0.25, 0.3) is 0 Å². The van der Waals surface area contributed by atoms with E-state index >= 15 is 0 Å². The standard InChI is InChI=1S/C15H22O/c1-3-12-6-5-7-14(10-12)15(16)9-8-13(4-2)11-15/h5-7,10,13,16H,3-4,8-9,11H2,1-2H3. The molecule has 1 aliphatic rings. The summed E-state index contributed by atoms with van der Waals surface area (Å²) in [4.78, 5) is 0. The second-order valence-corrected chi connectivity index (χ2v) is 5.10. The molecule has 16 heavy (non-hydrogen) atoms. The Hall–Kier alpha value is -0.820. The third kappa shape index (κ3) is 2.15. The second kappa shape index (κ2) is 4.58. The quantitative estimate of drug-likeness (QED) is 0.821. The van der Waals surface area contributed by atoms with Crippen LogP contribution >= 0.6 is 0 Å². The first-order valence-corrected chi connectivity index (χ1v) is 6.49. The zero-order chi connectivity index (χ0) is 11.6. The Bertz CT molecular complexity index is 358. The molecule has 0 aliphatic heterocycles. The van der Waals surface area contributed by atoms with Crippen molar-refractivity contribution < 1.29 is 5.11 Å². The zero-order valence-corrected chi connectivity index (χ0v) is 10.4. The Morgan fingerprint density at radius 1 is 1.38 bits per heavy atom. The molecule has 0 saturated heterocycles. The molecular formula is C15H22O. The van der Waals surface area contributed by atoms with Crippen molar-refractivity contribution >= 4 is 0 Å². The summed E-state index contributed by atoms with van der Waals surface area (Å²) in [6, 6.07) is 8.47. The van der Waals surface area contributed by atoms with Gasteiger partial charge in [0, 0.05) is 0 Å². The molecule has 1 aliphatic carbocycles. The van der Waals surface area contributed by atoms with Crippen LogP contribution in [0, 0.1) is 5.92 Å². The minimum Gasteiger partial charge on any atom is -0.385 e. The number of rotatable bonds is 3. The molecule has 1 heteroatoms. The molecule has 2 rings (SSSR count). The van der Waals surface area contributed by atoms with Gasteiger partial charge < -0.3 is 5.11 Å². The maximum Gasteiger partial charge on any atom is 0.0899 e. The normalized spacial score (nSPS) is 29.6. The van der Waals surface area contributed by atoms with E-state index in [1.165, 1.54) is 18.4 Å². The highest BCUT2D eigenvalue weighted by Gasteiger charge is 2.37. The lowest BCUT2D eigenvalue weighted by Gasteiger charge is -2.24. The van der Waals surface area contributed by atoms with Crippen LogP contribution in [-0.4, -0.2) is 5.11 Å². The number of aryl methyl sites for hydroxylation is 1. The number of aliphatic hydroxyl groups is 1. The number of benzene rings is 1. The Labute approximate surface area is 98.5 Å². The van der Waals surface area contributed by atoms with Crippen LogP contribution in [0.1, 0.15) is 50.7 Å². The zero-order valence-electron chi connectivity index (χ0n) is 10.4. The highest BCUT2D eigenvalue weighted by atomic mass is 16.3. The van der Waals surface area contributed by atoms with Gasteiger partial charge >= 0.3 is 0 Å². The lowest BCUT2D eigenvalue weighted by atomic mass is 9.89. The molecule has 1 aromatic rings. The van der Waals surface area contributed by atoms with Crippen molar-refractivity contribution in [3.05, 3.63) is 35.4 Å². The van der Waals surface area contributed by atoms with E-state index in [1.807, 2.05) is 0 Å². The van der Waals surface area contributed by atoms with Gasteiger partial charge in [-0.05, 0) is 42.7 Å². The van der Waals surface area contributed by atoms with E-state index < -0.39 is 5.60 Å². The summed E-state index contributed by atoms with van der Waals surface area (Å²) in [6.45, 7) is 4.38. The molecule has 1 N–H and O–H groups in total. The molecule has 0 radical (unpaired) electrons. The van der Waals surface area contributed by atoms with Crippen molar-refractivity contribution in [3.63, 3.8) is 0 Å². The Morgan fingerprint density at radius 2 is 2.19 bits per heavy atom. The summed E-state index contributed by atoms with van der Waals surface area (Å²) in [7, 11) is 0. The molecule has 0 heterocycles. The average Bonchev–Trinajstić information content (AvgIpc) is 2.73. The maximum absolute atomic E-state index is 10.7. The molecule has 1 aromatic carbocycles. The number of hydrogen-bond acceptors (Lipinski definition) is 1. The van der Waals surface area contributed by atoms with Crippen molar-refractivity contribution in [2.24, 2.45) is 5.92 Å². The van der Waals surface area contributed by atoms with Crippen LogP contribution in [0.5, 0.6) is 0 Å². The molecule has 0 aromatic heterocycles. The van der Waals surface area contributed by atoms with Crippen LogP contribution in [0.4, 0.5) is 0 Å². The van der Waals surface area contributed by atoms with Gasteiger partial charge in [-0.3, -0.25) is 0 Å². The summed E-state index contributed by atoms with van der Waals surface area (Å²) >= 11 is 0. The van der Waals surface area contributed by atoms with Crippen LogP contribution in [0.25, 0.3) is 0 Å². The van der Waals surface area contributed by atoms with E-state index in [0.717, 1.165) is 24.8 Å². The topological polar surface area (TPSA) is 20.2 Å². The largest absolute Gasteiger partial charge is 0.385 e. The van der Waals surface area contributed by atoms with Gasteiger partial charge in [0.2, 0.25) is 0 Å². The highest BCUT2D eigenvalue weighted by molar-refractivity contribution is 5.29. The fourth-order valence-electron chi connectivity index (χ4n) is 2.82. The predicted molar refractivity (Wildman–Crippen MR) is 67.3 cm³/mol. The second-order valence-electron chi connectivity index (χ2n) is 5.10. The van der Waals surface area contributed by atoms with Gasteiger partial charge in [0.15, 0.2) is 0 Å². The average molecular weight is 218 g/mol. The van der Waals surface area contributed by atoms with Gasteiger partial charge in [-0.1, -0.05) is 44.5 Å². The van der Waals surface area contributed by atoms with Crippen molar-refractivity contribution in [2.75, 3.05) is 0 Å². The van der Waals surface area contributed by atoms with E-state index in [-0.39, 0.29) is 0 Å². The van der Waals surface area contributed by atoms with Crippen LogP contribution in [0.15, 0.2) is 24.3 Å². The SMILES string of the molecule is CCc1cccc(C2(O)CCC(CC)C2)c1. The molecule has 2 atom stereocenters. The summed E-state index contributed by atoms with van der Waals surface area (Å²) < 4.78 is 0. The Kier molecular flexibility index (Phi) is 3.34. The van der Waals surface area contributed by atoms with Gasteiger partial charge in [-0.15, -0.1) is 0 Å². The predicted octanol–water partition coefficient (Wildman–Crippen LogP) is 3.65. The first-order chi connectivity index (χ1) is 7.68. The number of hydrogen-bond donors (Lipinski definition) is 1. The molecule has 0 bridgehead atoms. The molecular weight excluding hydrogens is 196 g/mol. The molecule has 1 fully saturated rings. The third-order valence-corrected chi connectivity index (χ3v) is 4.04. The third-order valence-electron chi connectivity index (χ3n) is 4.04. The smallest absolute Gasteiger partial charge is 0.0899 e. The van der Waals surface area contributed by atoms with E-state index in [9.17, 15) is 5.11 Å². The maximum atomic E-state index is 10.7. The Morgan fingerprint density at radius 3 is 2.81 bits per heavy atom. The van der Waals surface area contributed by atoms with Crippen molar-refractivity contribution in [2.45, 2.75) is 51.6 Å². The van der Waals surface area contributed by atoms with Gasteiger partial charge in [-0.25, -0.2) is 0 Å². The van der Waals surface area contributed by atoms with Crippen LogP contribution in [-0.2, 0) is 12.0 Å². The van der Waals surface area contributed by atoms with Crippen LogP contribution in [0.3, 0.4) is 0 Å². The van der Waals surface area contributed by atoms with Crippen LogP contribution < -0.4 is 0 Å². The van der Waals surface area contributed by atoms with Crippen LogP contribution in [0.2, 0.25) is 0 Å². The van der Waals surface area contributed by atoms with E-state index in [0.29, 0.717) is 5.92 Å². The molecule has 1 nitrogen and oxygen atoms in total. The summed E-state index contributed by atoms with van der Waals surface area (Å²) in [5.41, 5.74) is 1.90. The summed E-state index contributed by atoms with van der Waals surface area (Å²) in [5, 5.41) is 10.7. The highest BCUT2D eigenvalue weighted by Crippen LogP contribution is 2.43. The molecule has 0 amide bonds. The summed E-state index contributed by atoms with van der Waals surface area (Å²) in [5.74, 6) is 0.704. The van der Waals surface area contributed by atoms with Crippen molar-refractivity contribution in [1.29, 1.82) is 0 Å². The summed E-state index contributed by atoms with van der Waals surface area (Å²) in [6.07, 6.45) is 5.27. The van der Waals surface area contributed by atoms with Gasteiger partial charge in [0.05, 0.1) is 5.60 Å². The minimum absolute atomic E-state index is 0.550. The fourth-order valence-corrected chi connectivity index (χ4v) is 2.82. The van der Waals surface area contributed by atoms with Crippen molar-refractivity contribution in [1.82, 2.24) is 0 Å². The van der Waals surface area contributed by atoms with Gasteiger partial charge in [-0.2, -0.15) is 0 Å². The molecule has 88 valence electrons. The van der Waals surface area contributed by atoms with E-state index in [1.54, 1.807) is 0 Å².